The van der Waals surface area contributed by atoms with Crippen molar-refractivity contribution in [3.05, 3.63) is 53.7 Å². The van der Waals surface area contributed by atoms with Crippen LogP contribution in [-0.2, 0) is 0 Å². The maximum atomic E-state index is 12.9. The van der Waals surface area contributed by atoms with Crippen LogP contribution in [0.15, 0.2) is 41.7 Å². The number of hydrogen-bond acceptors (Lipinski definition) is 4. The van der Waals surface area contributed by atoms with E-state index >= 15 is 0 Å². The van der Waals surface area contributed by atoms with Gasteiger partial charge in [-0.2, -0.15) is 0 Å². The molecule has 1 aromatic heterocycles. The van der Waals surface area contributed by atoms with Crippen molar-refractivity contribution in [2.75, 3.05) is 0 Å². The Labute approximate surface area is 151 Å². The Kier molecular flexibility index (Phi) is 6.08. The molecular weight excluding hydrogens is 384 g/mol. The topological polar surface area (TPSA) is 54.9 Å². The number of amides is 1. The lowest BCUT2D eigenvalue weighted by molar-refractivity contribution is 0.0950. The molecule has 1 atom stereocenters. The molecule has 1 aromatic carbocycles. The van der Waals surface area contributed by atoms with Gasteiger partial charge in [0.1, 0.15) is 22.5 Å². The molecule has 0 spiro atoms. The molecule has 9 heteroatoms. The molecule has 0 aliphatic heterocycles. The fourth-order valence-corrected chi connectivity index (χ4v) is 3.05. The highest BCUT2D eigenvalue weighted by Crippen LogP contribution is 2.38. The largest absolute Gasteiger partial charge is 0.336 e. The maximum Gasteiger partial charge on any atom is 0.252 e. The number of rotatable bonds is 4. The number of benzene rings is 1. The van der Waals surface area contributed by atoms with Gasteiger partial charge in [0, 0.05) is 11.3 Å². The summed E-state index contributed by atoms with van der Waals surface area (Å²) in [6.45, 7) is 1.80. The Bertz CT molecular complexity index is 694. The molecule has 0 unspecified atom stereocenters. The number of nitrogens with zero attached hydrogens (tertiary/aromatic N) is 2. The van der Waals surface area contributed by atoms with Crippen molar-refractivity contribution in [2.24, 2.45) is 0 Å². The summed E-state index contributed by atoms with van der Waals surface area (Å²) in [4.78, 5) is 20.3. The summed E-state index contributed by atoms with van der Waals surface area (Å²) in [6, 6.07) is 6.76. The second kappa shape index (κ2) is 7.66. The van der Waals surface area contributed by atoms with Crippen LogP contribution in [0.25, 0.3) is 0 Å². The summed E-state index contributed by atoms with van der Waals surface area (Å²) >= 11 is 18.9. The van der Waals surface area contributed by atoms with Crippen molar-refractivity contribution in [1.29, 1.82) is 0 Å². The van der Waals surface area contributed by atoms with Crippen LogP contribution in [0.5, 0.6) is 0 Å². The van der Waals surface area contributed by atoms with Crippen LogP contribution in [0.3, 0.4) is 0 Å². The first-order valence-electron chi connectivity index (χ1n) is 6.34. The van der Waals surface area contributed by atoms with Gasteiger partial charge in [-0.25, -0.2) is 14.4 Å². The first-order chi connectivity index (χ1) is 10.8. The summed E-state index contributed by atoms with van der Waals surface area (Å²) in [5, 5.41) is 2.27. The standard InChI is InChI=1S/C14H11Cl3FN3OS/c1-8-6-11(20-7-19-8)23-13(14(15,16)17)21-12(22)9-2-4-10(18)5-3-9/h2-7,13H,1H3,(H,21,22)/t13-/m0/s1. The summed E-state index contributed by atoms with van der Waals surface area (Å²) in [6.07, 6.45) is 1.38. The molecule has 1 heterocycles. The van der Waals surface area contributed by atoms with Crippen LogP contribution >= 0.6 is 46.6 Å². The van der Waals surface area contributed by atoms with Crippen molar-refractivity contribution in [3.8, 4) is 0 Å². The Morgan fingerprint density at radius 1 is 1.26 bits per heavy atom. The molecule has 4 nitrogen and oxygen atoms in total. The van der Waals surface area contributed by atoms with Gasteiger partial charge in [-0.05, 0) is 37.3 Å². The van der Waals surface area contributed by atoms with E-state index in [1.165, 1.54) is 30.6 Å². The van der Waals surface area contributed by atoms with Gasteiger partial charge in [0.2, 0.25) is 3.79 Å². The SMILES string of the molecule is Cc1cc(S[C@H](NC(=O)c2ccc(F)cc2)C(Cl)(Cl)Cl)ncn1. The highest BCUT2D eigenvalue weighted by molar-refractivity contribution is 8.00. The van der Waals surface area contributed by atoms with E-state index in [1.54, 1.807) is 13.0 Å². The van der Waals surface area contributed by atoms with Crippen LogP contribution in [0.4, 0.5) is 4.39 Å². The number of alkyl halides is 3. The zero-order chi connectivity index (χ0) is 17.0. The molecule has 0 bridgehead atoms. The molecule has 1 amide bonds. The lowest BCUT2D eigenvalue weighted by Crippen LogP contribution is -2.41. The van der Waals surface area contributed by atoms with Gasteiger partial charge in [0.05, 0.1) is 0 Å². The molecular formula is C14H11Cl3FN3OS. The minimum Gasteiger partial charge on any atom is -0.336 e. The van der Waals surface area contributed by atoms with Gasteiger partial charge in [-0.15, -0.1) is 0 Å². The molecule has 0 saturated heterocycles. The predicted molar refractivity (Wildman–Crippen MR) is 90.6 cm³/mol. The normalized spacial score (nSPS) is 12.7. The summed E-state index contributed by atoms with van der Waals surface area (Å²) in [7, 11) is 0. The van der Waals surface area contributed by atoms with E-state index in [4.69, 9.17) is 34.8 Å². The molecule has 1 N–H and O–H groups in total. The molecule has 0 saturated carbocycles. The van der Waals surface area contributed by atoms with Crippen LogP contribution in [0, 0.1) is 12.7 Å². The Morgan fingerprint density at radius 2 is 1.91 bits per heavy atom. The molecule has 0 fully saturated rings. The second-order valence-corrected chi connectivity index (χ2v) is 8.01. The predicted octanol–water partition coefficient (Wildman–Crippen LogP) is 4.14. The fraction of sp³-hybridized carbons (Fsp3) is 0.214. The summed E-state index contributed by atoms with van der Waals surface area (Å²) < 4.78 is 11.1. The van der Waals surface area contributed by atoms with Crippen molar-refractivity contribution >= 4 is 52.5 Å². The number of aryl methyl sites for hydroxylation is 1. The van der Waals surface area contributed by atoms with Gasteiger partial charge >= 0.3 is 0 Å². The van der Waals surface area contributed by atoms with Crippen LogP contribution in [0.2, 0.25) is 0 Å². The van der Waals surface area contributed by atoms with E-state index in [1.807, 2.05) is 0 Å². The number of carbonyl (C=O) groups is 1. The molecule has 2 rings (SSSR count). The first kappa shape index (κ1) is 18.3. The number of halogens is 4. The molecule has 122 valence electrons. The Hall–Kier alpha value is -1.08. The van der Waals surface area contributed by atoms with E-state index in [2.05, 4.69) is 15.3 Å². The molecule has 0 radical (unpaired) electrons. The molecule has 0 aliphatic rings. The summed E-state index contributed by atoms with van der Waals surface area (Å²) in [5.74, 6) is -0.926. The number of aromatic nitrogens is 2. The van der Waals surface area contributed by atoms with Gasteiger partial charge < -0.3 is 5.32 Å². The van der Waals surface area contributed by atoms with E-state index in [0.29, 0.717) is 5.03 Å². The van der Waals surface area contributed by atoms with Crippen molar-refractivity contribution in [3.63, 3.8) is 0 Å². The van der Waals surface area contributed by atoms with Gasteiger partial charge in [-0.1, -0.05) is 46.6 Å². The van der Waals surface area contributed by atoms with Crippen LogP contribution in [0.1, 0.15) is 16.1 Å². The minimum atomic E-state index is -1.76. The third-order valence-corrected chi connectivity index (χ3v) is 4.90. The minimum absolute atomic E-state index is 0.255. The van der Waals surface area contributed by atoms with Crippen molar-refractivity contribution in [1.82, 2.24) is 15.3 Å². The second-order valence-electron chi connectivity index (χ2n) is 4.52. The lowest BCUT2D eigenvalue weighted by Gasteiger charge is -2.24. The number of thioether (sulfide) groups is 1. The zero-order valence-electron chi connectivity index (χ0n) is 11.8. The molecule has 2 aromatic rings. The summed E-state index contributed by atoms with van der Waals surface area (Å²) in [5.41, 5.74) is 1.00. The van der Waals surface area contributed by atoms with Gasteiger partial charge in [-0.3, -0.25) is 4.79 Å². The van der Waals surface area contributed by atoms with Gasteiger partial charge in [0.25, 0.3) is 5.91 Å². The highest BCUT2D eigenvalue weighted by Gasteiger charge is 2.35. The fourth-order valence-electron chi connectivity index (χ4n) is 1.60. The van der Waals surface area contributed by atoms with E-state index in [-0.39, 0.29) is 5.56 Å². The number of hydrogen-bond donors (Lipinski definition) is 1. The van der Waals surface area contributed by atoms with E-state index < -0.39 is 20.9 Å². The van der Waals surface area contributed by atoms with E-state index in [0.717, 1.165) is 17.5 Å². The number of carbonyl (C=O) groups excluding carboxylic acids is 1. The molecule has 23 heavy (non-hydrogen) atoms. The average Bonchev–Trinajstić information content (AvgIpc) is 2.46. The highest BCUT2D eigenvalue weighted by atomic mass is 35.6. The Balaban J connectivity index is 2.16. The van der Waals surface area contributed by atoms with Crippen LogP contribution in [-0.4, -0.2) is 25.0 Å². The van der Waals surface area contributed by atoms with E-state index in [9.17, 15) is 9.18 Å². The average molecular weight is 395 g/mol. The quantitative estimate of drug-likeness (QED) is 0.366. The lowest BCUT2D eigenvalue weighted by atomic mass is 10.2. The zero-order valence-corrected chi connectivity index (χ0v) is 14.8. The third-order valence-electron chi connectivity index (χ3n) is 2.68. The monoisotopic (exact) mass is 393 g/mol. The maximum absolute atomic E-state index is 12.9. The third kappa shape index (κ3) is 5.49. The Morgan fingerprint density at radius 3 is 2.48 bits per heavy atom. The van der Waals surface area contributed by atoms with Crippen molar-refractivity contribution in [2.45, 2.75) is 21.1 Å². The van der Waals surface area contributed by atoms with Crippen LogP contribution < -0.4 is 5.32 Å². The molecule has 0 aliphatic carbocycles. The van der Waals surface area contributed by atoms with Gasteiger partial charge in [0.15, 0.2) is 0 Å². The first-order valence-corrected chi connectivity index (χ1v) is 8.35. The number of nitrogens with one attached hydrogen (secondary N) is 1. The smallest absolute Gasteiger partial charge is 0.252 e. The van der Waals surface area contributed by atoms with Crippen molar-refractivity contribution < 1.29 is 9.18 Å².